The van der Waals surface area contributed by atoms with Crippen LogP contribution in [0.5, 0.6) is 0 Å². The average Bonchev–Trinajstić information content (AvgIpc) is 2.58. The summed E-state index contributed by atoms with van der Waals surface area (Å²) >= 11 is 1.30. The van der Waals surface area contributed by atoms with Crippen LogP contribution in [0.1, 0.15) is 11.1 Å². The smallest absolute Gasteiger partial charge is 0.269 e. The third kappa shape index (κ3) is 5.13. The van der Waals surface area contributed by atoms with E-state index < -0.39 is 4.92 Å². The van der Waals surface area contributed by atoms with Crippen molar-refractivity contribution in [3.8, 4) is 6.07 Å². The lowest BCUT2D eigenvalue weighted by Gasteiger charge is -2.05. The topological polar surface area (TPSA) is 96.0 Å². The monoisotopic (exact) mass is 327 g/mol. The van der Waals surface area contributed by atoms with Gasteiger partial charge in [0.05, 0.1) is 22.3 Å². The van der Waals surface area contributed by atoms with Crippen LogP contribution in [-0.2, 0) is 11.3 Å². The Morgan fingerprint density at radius 3 is 2.65 bits per heavy atom. The summed E-state index contributed by atoms with van der Waals surface area (Å²) in [7, 11) is 0. The minimum Gasteiger partial charge on any atom is -0.351 e. The molecule has 0 aromatic heterocycles. The molecule has 0 saturated heterocycles. The van der Waals surface area contributed by atoms with Crippen LogP contribution in [-0.4, -0.2) is 16.6 Å². The number of amides is 1. The van der Waals surface area contributed by atoms with Crippen molar-refractivity contribution in [3.63, 3.8) is 0 Å². The summed E-state index contributed by atoms with van der Waals surface area (Å²) in [4.78, 5) is 22.7. The summed E-state index contributed by atoms with van der Waals surface area (Å²) in [6, 6.07) is 15.1. The molecule has 6 nitrogen and oxygen atoms in total. The van der Waals surface area contributed by atoms with E-state index in [-0.39, 0.29) is 17.3 Å². The van der Waals surface area contributed by atoms with Crippen molar-refractivity contribution in [1.29, 1.82) is 5.26 Å². The van der Waals surface area contributed by atoms with E-state index in [4.69, 9.17) is 5.26 Å². The molecule has 1 amide bonds. The minimum atomic E-state index is -0.462. The third-order valence-electron chi connectivity index (χ3n) is 2.96. The number of benzene rings is 2. The first-order chi connectivity index (χ1) is 11.1. The summed E-state index contributed by atoms with van der Waals surface area (Å²) in [5.74, 6) is 0.0751. The number of nitriles is 1. The summed E-state index contributed by atoms with van der Waals surface area (Å²) in [5, 5.41) is 22.2. The summed E-state index contributed by atoms with van der Waals surface area (Å²) < 4.78 is 0. The molecule has 0 aliphatic rings. The van der Waals surface area contributed by atoms with Gasteiger partial charge in [0, 0.05) is 23.6 Å². The van der Waals surface area contributed by atoms with Crippen LogP contribution in [0, 0.1) is 21.4 Å². The third-order valence-corrected chi connectivity index (χ3v) is 3.98. The Kier molecular flexibility index (Phi) is 5.72. The molecule has 1 N–H and O–H groups in total. The van der Waals surface area contributed by atoms with Crippen LogP contribution in [0.2, 0.25) is 0 Å². The number of carbonyl (C=O) groups excluding carboxylic acids is 1. The van der Waals surface area contributed by atoms with Gasteiger partial charge in [-0.05, 0) is 29.8 Å². The molecule has 0 saturated carbocycles. The Hall–Kier alpha value is -2.85. The standard InChI is InChI=1S/C16H13N3O3S/c17-9-12-2-1-3-13(8-12)10-18-16(20)11-23-15-6-4-14(5-7-15)19(21)22/h1-8H,10-11H2,(H,18,20). The van der Waals surface area contributed by atoms with Crippen LogP contribution in [0.15, 0.2) is 53.4 Å². The average molecular weight is 327 g/mol. The Morgan fingerprint density at radius 1 is 1.26 bits per heavy atom. The number of non-ortho nitro benzene ring substituents is 1. The molecule has 2 aromatic carbocycles. The highest BCUT2D eigenvalue weighted by atomic mass is 32.2. The number of nitro groups is 1. The van der Waals surface area contributed by atoms with Gasteiger partial charge in [-0.2, -0.15) is 5.26 Å². The zero-order valence-electron chi connectivity index (χ0n) is 12.1. The maximum atomic E-state index is 11.8. The molecule has 0 unspecified atom stereocenters. The zero-order chi connectivity index (χ0) is 16.7. The van der Waals surface area contributed by atoms with E-state index in [1.54, 1.807) is 30.3 Å². The van der Waals surface area contributed by atoms with E-state index in [0.717, 1.165) is 10.5 Å². The van der Waals surface area contributed by atoms with Gasteiger partial charge in [-0.25, -0.2) is 0 Å². The van der Waals surface area contributed by atoms with E-state index in [1.165, 1.54) is 23.9 Å². The lowest BCUT2D eigenvalue weighted by molar-refractivity contribution is -0.384. The summed E-state index contributed by atoms with van der Waals surface area (Å²) in [5.41, 5.74) is 1.44. The number of thioether (sulfide) groups is 1. The molecule has 0 aliphatic carbocycles. The van der Waals surface area contributed by atoms with Gasteiger partial charge in [-0.3, -0.25) is 14.9 Å². The van der Waals surface area contributed by atoms with E-state index in [2.05, 4.69) is 5.32 Å². The second kappa shape index (κ2) is 7.96. The molecule has 116 valence electrons. The SMILES string of the molecule is N#Cc1cccc(CNC(=O)CSc2ccc([N+](=O)[O-])cc2)c1. The molecule has 2 aromatic rings. The first-order valence-corrected chi connectivity index (χ1v) is 7.70. The van der Waals surface area contributed by atoms with Crippen molar-refractivity contribution >= 4 is 23.4 Å². The van der Waals surface area contributed by atoms with E-state index >= 15 is 0 Å². The molecule has 23 heavy (non-hydrogen) atoms. The van der Waals surface area contributed by atoms with Gasteiger partial charge in [-0.1, -0.05) is 12.1 Å². The molecule has 0 radical (unpaired) electrons. The Labute approximate surface area is 137 Å². The van der Waals surface area contributed by atoms with Gasteiger partial charge < -0.3 is 5.32 Å². The second-order valence-electron chi connectivity index (χ2n) is 4.63. The maximum absolute atomic E-state index is 11.8. The molecule has 0 spiro atoms. The van der Waals surface area contributed by atoms with Gasteiger partial charge in [0.1, 0.15) is 0 Å². The second-order valence-corrected chi connectivity index (χ2v) is 5.68. The molecular weight excluding hydrogens is 314 g/mol. The molecular formula is C16H13N3O3S. The molecule has 2 rings (SSSR count). The first kappa shape index (κ1) is 16.5. The molecule has 0 atom stereocenters. The van der Waals surface area contributed by atoms with Crippen molar-refractivity contribution in [2.45, 2.75) is 11.4 Å². The molecule has 7 heteroatoms. The predicted octanol–water partition coefficient (Wildman–Crippen LogP) is 2.87. The van der Waals surface area contributed by atoms with E-state index in [0.29, 0.717) is 12.1 Å². The van der Waals surface area contributed by atoms with Crippen LogP contribution < -0.4 is 5.32 Å². The fraction of sp³-hybridized carbons (Fsp3) is 0.125. The normalized spacial score (nSPS) is 9.87. The highest BCUT2D eigenvalue weighted by molar-refractivity contribution is 8.00. The number of hydrogen-bond acceptors (Lipinski definition) is 5. The fourth-order valence-corrected chi connectivity index (χ4v) is 2.54. The largest absolute Gasteiger partial charge is 0.351 e. The zero-order valence-corrected chi connectivity index (χ0v) is 12.9. The Balaban J connectivity index is 1.80. The quantitative estimate of drug-likeness (QED) is 0.500. The van der Waals surface area contributed by atoms with Crippen molar-refractivity contribution in [3.05, 3.63) is 69.8 Å². The number of nitrogens with one attached hydrogen (secondary N) is 1. The molecule has 0 heterocycles. The van der Waals surface area contributed by atoms with Gasteiger partial charge >= 0.3 is 0 Å². The molecule has 0 bridgehead atoms. The molecule has 0 fully saturated rings. The van der Waals surface area contributed by atoms with Gasteiger partial charge in [0.25, 0.3) is 5.69 Å². The maximum Gasteiger partial charge on any atom is 0.269 e. The van der Waals surface area contributed by atoms with Gasteiger partial charge in [0.2, 0.25) is 5.91 Å². The van der Waals surface area contributed by atoms with Crippen LogP contribution >= 0.6 is 11.8 Å². The lowest BCUT2D eigenvalue weighted by Crippen LogP contribution is -2.24. The van der Waals surface area contributed by atoms with Crippen molar-refractivity contribution in [1.82, 2.24) is 5.32 Å². The summed E-state index contributed by atoms with van der Waals surface area (Å²) in [6.45, 7) is 0.356. The van der Waals surface area contributed by atoms with E-state index in [1.807, 2.05) is 12.1 Å². The summed E-state index contributed by atoms with van der Waals surface area (Å²) in [6.07, 6.45) is 0. The highest BCUT2D eigenvalue weighted by Gasteiger charge is 2.06. The van der Waals surface area contributed by atoms with Crippen molar-refractivity contribution in [2.75, 3.05) is 5.75 Å². The fourth-order valence-electron chi connectivity index (χ4n) is 1.82. The Bertz CT molecular complexity index is 754. The van der Waals surface area contributed by atoms with E-state index in [9.17, 15) is 14.9 Å². The van der Waals surface area contributed by atoms with Crippen LogP contribution in [0.3, 0.4) is 0 Å². The Morgan fingerprint density at radius 2 is 2.00 bits per heavy atom. The lowest BCUT2D eigenvalue weighted by atomic mass is 10.1. The highest BCUT2D eigenvalue weighted by Crippen LogP contribution is 2.21. The molecule has 0 aliphatic heterocycles. The van der Waals surface area contributed by atoms with Crippen LogP contribution in [0.4, 0.5) is 5.69 Å². The van der Waals surface area contributed by atoms with Crippen molar-refractivity contribution in [2.24, 2.45) is 0 Å². The number of nitrogens with zero attached hydrogens (tertiary/aromatic N) is 2. The predicted molar refractivity (Wildman–Crippen MR) is 86.8 cm³/mol. The van der Waals surface area contributed by atoms with Gasteiger partial charge in [-0.15, -0.1) is 11.8 Å². The number of nitro benzene ring substituents is 1. The number of hydrogen-bond donors (Lipinski definition) is 1. The number of carbonyl (C=O) groups is 1. The first-order valence-electron chi connectivity index (χ1n) is 6.71. The minimum absolute atomic E-state index is 0.0242. The van der Waals surface area contributed by atoms with Crippen LogP contribution in [0.25, 0.3) is 0 Å². The number of rotatable bonds is 6. The van der Waals surface area contributed by atoms with Gasteiger partial charge in [0.15, 0.2) is 0 Å². The van der Waals surface area contributed by atoms with Crippen molar-refractivity contribution < 1.29 is 9.72 Å².